The van der Waals surface area contributed by atoms with Crippen LogP contribution in [0.15, 0.2) is 48.5 Å². The Morgan fingerprint density at radius 2 is 1.62 bits per heavy atom. The van der Waals surface area contributed by atoms with Gasteiger partial charge in [-0.1, -0.05) is 69.5 Å². The Balaban J connectivity index is 1.74. The molecular formula is C26H32Cl2N2O2. The molecule has 32 heavy (non-hydrogen) atoms. The highest BCUT2D eigenvalue weighted by molar-refractivity contribution is 6.30. The predicted octanol–water partition coefficient (Wildman–Crippen LogP) is 6.18. The first-order chi connectivity index (χ1) is 15.1. The lowest BCUT2D eigenvalue weighted by atomic mass is 9.70. The standard InChI is InChI=1S/C26H32Cl2N2O2/c1-5-17(2)23(29-24(31)19-8-12-21(28)13-9-19)25(32)30-15-14-22(26(3,4)16-30)18-6-10-20(27)11-7-18/h6-13,17,22-23H,5,14-16H2,1-4H3,(H,29,31)/t17-,22?,23+/m0/s1. The molecule has 1 N–H and O–H groups in total. The van der Waals surface area contributed by atoms with Crippen molar-refractivity contribution >= 4 is 35.0 Å². The number of likely N-dealkylation sites (tertiary alicyclic amines) is 1. The van der Waals surface area contributed by atoms with Crippen LogP contribution in [0, 0.1) is 11.3 Å². The molecule has 2 aromatic rings. The molecule has 0 aliphatic carbocycles. The summed E-state index contributed by atoms with van der Waals surface area (Å²) in [6.07, 6.45) is 1.67. The van der Waals surface area contributed by atoms with Crippen LogP contribution in [0.2, 0.25) is 10.0 Å². The molecule has 3 atom stereocenters. The Labute approximate surface area is 201 Å². The van der Waals surface area contributed by atoms with Crippen LogP contribution in [0.4, 0.5) is 0 Å². The first-order valence-electron chi connectivity index (χ1n) is 11.2. The molecule has 1 unspecified atom stereocenters. The van der Waals surface area contributed by atoms with Crippen molar-refractivity contribution in [2.24, 2.45) is 11.3 Å². The minimum atomic E-state index is -0.564. The maximum absolute atomic E-state index is 13.6. The minimum Gasteiger partial charge on any atom is -0.340 e. The number of amides is 2. The predicted molar refractivity (Wildman–Crippen MR) is 131 cm³/mol. The Morgan fingerprint density at radius 1 is 1.06 bits per heavy atom. The van der Waals surface area contributed by atoms with Gasteiger partial charge in [-0.15, -0.1) is 0 Å². The third kappa shape index (κ3) is 5.65. The van der Waals surface area contributed by atoms with Gasteiger partial charge in [0.2, 0.25) is 5.91 Å². The third-order valence-corrected chi connectivity index (χ3v) is 7.19. The van der Waals surface area contributed by atoms with E-state index in [1.54, 1.807) is 24.3 Å². The van der Waals surface area contributed by atoms with Gasteiger partial charge in [-0.3, -0.25) is 9.59 Å². The Morgan fingerprint density at radius 3 is 2.16 bits per heavy atom. The van der Waals surface area contributed by atoms with Gasteiger partial charge in [0.15, 0.2) is 0 Å². The molecule has 0 aromatic heterocycles. The second-order valence-electron chi connectivity index (χ2n) is 9.48. The van der Waals surface area contributed by atoms with Crippen molar-refractivity contribution in [3.05, 3.63) is 69.7 Å². The van der Waals surface area contributed by atoms with Crippen LogP contribution in [-0.2, 0) is 4.79 Å². The van der Waals surface area contributed by atoms with Crippen LogP contribution in [0.1, 0.15) is 62.4 Å². The molecule has 4 nitrogen and oxygen atoms in total. The topological polar surface area (TPSA) is 49.4 Å². The lowest BCUT2D eigenvalue weighted by molar-refractivity contribution is -0.138. The summed E-state index contributed by atoms with van der Waals surface area (Å²) < 4.78 is 0. The van der Waals surface area contributed by atoms with Gasteiger partial charge in [-0.2, -0.15) is 0 Å². The molecule has 1 aliphatic heterocycles. The van der Waals surface area contributed by atoms with Crippen LogP contribution >= 0.6 is 23.2 Å². The monoisotopic (exact) mass is 474 g/mol. The average molecular weight is 475 g/mol. The first-order valence-corrected chi connectivity index (χ1v) is 12.0. The molecule has 2 amide bonds. The number of carbonyl (C=O) groups excluding carboxylic acids is 2. The van der Waals surface area contributed by atoms with E-state index in [4.69, 9.17) is 23.2 Å². The number of rotatable bonds is 6. The van der Waals surface area contributed by atoms with E-state index >= 15 is 0 Å². The summed E-state index contributed by atoms with van der Waals surface area (Å²) in [5, 5.41) is 4.29. The number of benzene rings is 2. The van der Waals surface area contributed by atoms with E-state index in [-0.39, 0.29) is 23.1 Å². The highest BCUT2D eigenvalue weighted by atomic mass is 35.5. The number of nitrogens with zero attached hydrogens (tertiary/aromatic N) is 1. The van der Waals surface area contributed by atoms with Crippen LogP contribution in [0.5, 0.6) is 0 Å². The molecular weight excluding hydrogens is 443 g/mol. The molecule has 1 aliphatic rings. The normalized spacial score (nSPS) is 19.8. The van der Waals surface area contributed by atoms with Gasteiger partial charge < -0.3 is 10.2 Å². The molecule has 0 radical (unpaired) electrons. The van der Waals surface area contributed by atoms with Gasteiger partial charge >= 0.3 is 0 Å². The molecule has 0 bridgehead atoms. The molecule has 2 aromatic carbocycles. The van der Waals surface area contributed by atoms with Gasteiger partial charge in [0, 0.05) is 28.7 Å². The molecule has 1 saturated heterocycles. The van der Waals surface area contributed by atoms with E-state index in [9.17, 15) is 9.59 Å². The number of piperidine rings is 1. The van der Waals surface area contributed by atoms with Gasteiger partial charge in [-0.25, -0.2) is 0 Å². The molecule has 3 rings (SSSR count). The molecule has 0 saturated carbocycles. The fraction of sp³-hybridized carbons (Fsp3) is 0.462. The van der Waals surface area contributed by atoms with Gasteiger partial charge in [0.05, 0.1) is 0 Å². The fourth-order valence-corrected chi connectivity index (χ4v) is 4.82. The largest absolute Gasteiger partial charge is 0.340 e. The second-order valence-corrected chi connectivity index (χ2v) is 10.4. The summed E-state index contributed by atoms with van der Waals surface area (Å²) in [6.45, 7) is 9.76. The van der Waals surface area contributed by atoms with Crippen LogP contribution < -0.4 is 5.32 Å². The van der Waals surface area contributed by atoms with Crippen molar-refractivity contribution in [3.8, 4) is 0 Å². The zero-order valence-electron chi connectivity index (χ0n) is 19.2. The van der Waals surface area contributed by atoms with Gasteiger partial charge in [0.1, 0.15) is 6.04 Å². The molecule has 1 fully saturated rings. The van der Waals surface area contributed by atoms with E-state index in [0.717, 1.165) is 17.9 Å². The zero-order chi connectivity index (χ0) is 23.5. The Kier molecular flexibility index (Phi) is 7.89. The van der Waals surface area contributed by atoms with Crippen LogP contribution in [0.25, 0.3) is 0 Å². The number of hydrogen-bond donors (Lipinski definition) is 1. The second kappa shape index (κ2) is 10.3. The minimum absolute atomic E-state index is 0.00991. The van der Waals surface area contributed by atoms with Crippen molar-refractivity contribution in [2.45, 2.75) is 52.5 Å². The van der Waals surface area contributed by atoms with Crippen molar-refractivity contribution in [1.29, 1.82) is 0 Å². The summed E-state index contributed by atoms with van der Waals surface area (Å²) >= 11 is 12.0. The van der Waals surface area contributed by atoms with E-state index < -0.39 is 6.04 Å². The number of hydrogen-bond acceptors (Lipinski definition) is 2. The number of halogens is 2. The summed E-state index contributed by atoms with van der Waals surface area (Å²) in [7, 11) is 0. The fourth-order valence-electron chi connectivity index (χ4n) is 4.56. The maximum atomic E-state index is 13.6. The Hall–Kier alpha value is -2.04. The molecule has 1 heterocycles. The maximum Gasteiger partial charge on any atom is 0.251 e. The van der Waals surface area contributed by atoms with Crippen molar-refractivity contribution in [3.63, 3.8) is 0 Å². The lowest BCUT2D eigenvalue weighted by Gasteiger charge is -2.46. The third-order valence-electron chi connectivity index (χ3n) is 6.69. The summed E-state index contributed by atoms with van der Waals surface area (Å²) in [4.78, 5) is 28.3. The van der Waals surface area contributed by atoms with Gasteiger partial charge in [0.25, 0.3) is 5.91 Å². The summed E-state index contributed by atoms with van der Waals surface area (Å²) in [5.41, 5.74) is 1.65. The van der Waals surface area contributed by atoms with Crippen molar-refractivity contribution in [1.82, 2.24) is 10.2 Å². The van der Waals surface area contributed by atoms with Crippen LogP contribution in [0.3, 0.4) is 0 Å². The van der Waals surface area contributed by atoms with Gasteiger partial charge in [-0.05, 0) is 65.6 Å². The zero-order valence-corrected chi connectivity index (χ0v) is 20.7. The number of carbonyl (C=O) groups is 2. The van der Waals surface area contributed by atoms with Crippen LogP contribution in [-0.4, -0.2) is 35.8 Å². The average Bonchev–Trinajstić information content (AvgIpc) is 2.77. The molecule has 6 heteroatoms. The van der Waals surface area contributed by atoms with E-state index in [1.165, 1.54) is 5.56 Å². The van der Waals surface area contributed by atoms with Crippen molar-refractivity contribution in [2.75, 3.05) is 13.1 Å². The summed E-state index contributed by atoms with van der Waals surface area (Å²) in [5.74, 6) is 0.102. The lowest BCUT2D eigenvalue weighted by Crippen LogP contribution is -2.56. The quantitative estimate of drug-likeness (QED) is 0.543. The summed E-state index contributed by atoms with van der Waals surface area (Å²) in [6, 6.07) is 14.2. The molecule has 172 valence electrons. The Bertz CT molecular complexity index is 941. The van der Waals surface area contributed by atoms with Crippen molar-refractivity contribution < 1.29 is 9.59 Å². The van der Waals surface area contributed by atoms with E-state index in [0.29, 0.717) is 29.6 Å². The SMILES string of the molecule is CC[C@H](C)[C@@H](NC(=O)c1ccc(Cl)cc1)C(=O)N1CCC(c2ccc(Cl)cc2)C(C)(C)C1. The van der Waals surface area contributed by atoms with E-state index in [2.05, 4.69) is 31.3 Å². The first kappa shape index (κ1) is 24.6. The highest BCUT2D eigenvalue weighted by Gasteiger charge is 2.40. The number of nitrogens with one attached hydrogen (secondary N) is 1. The smallest absolute Gasteiger partial charge is 0.251 e. The molecule has 0 spiro atoms. The highest BCUT2D eigenvalue weighted by Crippen LogP contribution is 2.42. The van der Waals surface area contributed by atoms with E-state index in [1.807, 2.05) is 30.9 Å².